The van der Waals surface area contributed by atoms with Crippen LogP contribution in [0.2, 0.25) is 0 Å². The van der Waals surface area contributed by atoms with Crippen molar-refractivity contribution in [3.05, 3.63) is 47.8 Å². The van der Waals surface area contributed by atoms with Gasteiger partial charge in [0.2, 0.25) is 0 Å². The fourth-order valence-corrected chi connectivity index (χ4v) is 2.07. The summed E-state index contributed by atoms with van der Waals surface area (Å²) in [6.45, 7) is 13.3. The quantitative estimate of drug-likeness (QED) is 0.181. The van der Waals surface area contributed by atoms with Crippen LogP contribution in [0.4, 0.5) is 25.2 Å². The second-order valence-corrected chi connectivity index (χ2v) is 10.2. The average Bonchev–Trinajstić information content (AvgIpc) is 2.42. The molecule has 0 radical (unpaired) electrons. The van der Waals surface area contributed by atoms with Crippen LogP contribution < -0.4 is 0 Å². The van der Waals surface area contributed by atoms with Crippen molar-refractivity contribution in [1.82, 2.24) is 9.97 Å². The van der Waals surface area contributed by atoms with E-state index in [1.165, 1.54) is 11.1 Å². The van der Waals surface area contributed by atoms with E-state index in [0.717, 1.165) is 11.4 Å². The molecule has 2 rings (SSSR count). The number of aromatic nitrogens is 2. The molecule has 0 atom stereocenters. The van der Waals surface area contributed by atoms with Crippen molar-refractivity contribution in [2.75, 3.05) is 0 Å². The molecular weight excluding hydrogens is 618 g/mol. The molecule has 0 aromatic carbocycles. The Hall–Kier alpha value is -1.03. The molecule has 0 aliphatic carbocycles. The first-order chi connectivity index (χ1) is 11.6. The van der Waals surface area contributed by atoms with Crippen molar-refractivity contribution in [3.63, 3.8) is 0 Å². The molecule has 0 spiro atoms. The van der Waals surface area contributed by atoms with Crippen molar-refractivity contribution < 1.29 is 58.5 Å². The summed E-state index contributed by atoms with van der Waals surface area (Å²) in [6, 6.07) is 8.46. The largest absolute Gasteiger partial charge is 3.00 e. The summed E-state index contributed by atoms with van der Waals surface area (Å²) in [6.07, 6.45) is 3.75. The van der Waals surface area contributed by atoms with E-state index in [2.05, 4.69) is 75.8 Å². The second kappa shape index (κ2) is 9.63. The summed E-state index contributed by atoms with van der Waals surface area (Å²) >= 11 is 0. The minimum Gasteiger partial charge on any atom is -0.870 e. The van der Waals surface area contributed by atoms with Crippen molar-refractivity contribution in [2.24, 2.45) is 0 Å². The predicted octanol–water partition coefficient (Wildman–Crippen LogP) is 7.76. The van der Waals surface area contributed by atoms with Gasteiger partial charge < -0.3 is 11.0 Å². The molecule has 0 fully saturated rings. The number of halogens is 6. The molecule has 2 N–H and O–H groups in total. The van der Waals surface area contributed by atoms with Gasteiger partial charge in [-0.3, -0.25) is 9.97 Å². The van der Waals surface area contributed by atoms with E-state index >= 15 is 0 Å². The van der Waals surface area contributed by atoms with E-state index in [0.29, 0.717) is 0 Å². The summed E-state index contributed by atoms with van der Waals surface area (Å²) in [5, 5.41) is 0. The zero-order valence-corrected chi connectivity index (χ0v) is 20.3. The predicted molar refractivity (Wildman–Crippen MR) is 102 cm³/mol. The molecule has 12 heteroatoms. The number of pyridine rings is 2. The Morgan fingerprint density at radius 2 is 0.867 bits per heavy atom. The first kappa shape index (κ1) is 33.6. The van der Waals surface area contributed by atoms with Gasteiger partial charge in [-0.25, -0.2) is 0 Å². The first-order valence-electron chi connectivity index (χ1n) is 8.13. The van der Waals surface area contributed by atoms with Gasteiger partial charge in [0.25, 0.3) is 0 Å². The van der Waals surface area contributed by atoms with Crippen LogP contribution in [-0.4, -0.2) is 20.9 Å². The normalized spacial score (nSPS) is 13.7. The summed E-state index contributed by atoms with van der Waals surface area (Å²) in [4.78, 5) is 8.97. The van der Waals surface area contributed by atoms with Crippen LogP contribution in [0.5, 0.6) is 0 Å². The first-order valence-corrected chi connectivity index (χ1v) is 10.2. The van der Waals surface area contributed by atoms with Gasteiger partial charge in [-0.05, 0) is 46.2 Å². The summed E-state index contributed by atoms with van der Waals surface area (Å²) in [5.41, 5.74) is 4.71. The van der Waals surface area contributed by atoms with E-state index in [-0.39, 0.29) is 44.2 Å². The third-order valence-corrected chi connectivity index (χ3v) is 3.51. The monoisotopic (exact) mass is 644 g/mol. The van der Waals surface area contributed by atoms with Gasteiger partial charge in [0.05, 0.1) is 11.4 Å². The molecule has 0 unspecified atom stereocenters. The fraction of sp³-hybridized carbons (Fsp3) is 0.444. The molecule has 2 heterocycles. The zero-order valence-electron chi connectivity index (χ0n) is 17.3. The van der Waals surface area contributed by atoms with Gasteiger partial charge in [-0.15, -0.1) is 0 Å². The molecule has 0 amide bonds. The van der Waals surface area contributed by atoms with E-state index < -0.39 is 7.81 Å². The number of hydrogen-bond donors (Lipinski definition) is 0. The summed E-state index contributed by atoms with van der Waals surface area (Å²) in [5.74, 6) is 0. The molecule has 4 nitrogen and oxygen atoms in total. The van der Waals surface area contributed by atoms with Crippen molar-refractivity contribution >= 4 is 7.81 Å². The van der Waals surface area contributed by atoms with Crippen molar-refractivity contribution in [1.29, 1.82) is 0 Å². The van der Waals surface area contributed by atoms with Gasteiger partial charge in [0, 0.05) is 12.4 Å². The molecule has 2 aromatic heterocycles. The molecular formula is C18H26AuF6N2O2P. The van der Waals surface area contributed by atoms with E-state index in [1.54, 1.807) is 0 Å². The van der Waals surface area contributed by atoms with Gasteiger partial charge in [-0.2, -0.15) is 0 Å². The molecule has 0 bridgehead atoms. The number of hydrogen-bond acceptors (Lipinski definition) is 4. The Bertz CT molecular complexity index is 753. The Morgan fingerprint density at radius 3 is 1.07 bits per heavy atom. The van der Waals surface area contributed by atoms with E-state index in [4.69, 9.17) is 0 Å². The third-order valence-electron chi connectivity index (χ3n) is 3.51. The van der Waals surface area contributed by atoms with E-state index in [1.807, 2.05) is 12.4 Å². The number of nitrogens with zero attached hydrogens (tertiary/aromatic N) is 2. The molecule has 30 heavy (non-hydrogen) atoms. The summed E-state index contributed by atoms with van der Waals surface area (Å²) in [7, 11) is -10.7. The summed E-state index contributed by atoms with van der Waals surface area (Å²) < 4.78 is 59.2. The molecule has 0 aliphatic rings. The maximum atomic E-state index is 9.87. The smallest absolute Gasteiger partial charge is 0.870 e. The second-order valence-electron chi connectivity index (χ2n) is 8.32. The topological polar surface area (TPSA) is 85.8 Å². The zero-order chi connectivity index (χ0) is 21.4. The molecule has 0 aliphatic heterocycles. The minimum absolute atomic E-state index is 0. The van der Waals surface area contributed by atoms with Crippen molar-refractivity contribution in [3.8, 4) is 11.4 Å². The maximum absolute atomic E-state index is 10.7. The van der Waals surface area contributed by atoms with Gasteiger partial charge in [0.1, 0.15) is 0 Å². The fourth-order valence-electron chi connectivity index (χ4n) is 2.07. The van der Waals surface area contributed by atoms with Crippen LogP contribution in [-0.2, 0) is 33.2 Å². The minimum atomic E-state index is -10.7. The van der Waals surface area contributed by atoms with E-state index in [9.17, 15) is 25.2 Å². The van der Waals surface area contributed by atoms with Crippen molar-refractivity contribution in [2.45, 2.75) is 52.4 Å². The van der Waals surface area contributed by atoms with Crippen LogP contribution in [0.1, 0.15) is 52.7 Å². The van der Waals surface area contributed by atoms with Crippen LogP contribution in [0.3, 0.4) is 0 Å². The molecule has 0 saturated carbocycles. The van der Waals surface area contributed by atoms with Gasteiger partial charge in [-0.1, -0.05) is 41.5 Å². The van der Waals surface area contributed by atoms with Crippen LogP contribution in [0.15, 0.2) is 36.7 Å². The Morgan fingerprint density at radius 1 is 0.633 bits per heavy atom. The Balaban J connectivity index is -0.000000637. The molecule has 0 saturated heterocycles. The van der Waals surface area contributed by atoms with Gasteiger partial charge in [0.15, 0.2) is 0 Å². The SMILES string of the molecule is CC(C)(C)c1ccnc(-c2cc(C(C)(C)C)ccn2)c1.F[P-](F)(F)(F)(F)F.[Au+3].[OH-].[OH-]. The standard InChI is InChI=1S/C18H24N2.Au.F6P.2H2O/c1-17(2,3)13-7-9-19-15(11-13)16-12-14(8-10-20-16)18(4,5)6;;1-7(2,3,4,5)6;;/h7-12H,1-6H3;;;2*1H2/q;+3;-1;;/p-2. The Labute approximate surface area is 187 Å². The third kappa shape index (κ3) is 14.9. The molecule has 2 aromatic rings. The van der Waals surface area contributed by atoms with Crippen LogP contribution in [0.25, 0.3) is 11.4 Å². The average molecular weight is 644 g/mol. The van der Waals surface area contributed by atoms with Crippen LogP contribution >= 0.6 is 7.81 Å². The molecule has 178 valence electrons. The maximum Gasteiger partial charge on any atom is 3.00 e. The van der Waals surface area contributed by atoms with Crippen LogP contribution in [0, 0.1) is 0 Å². The Kier molecular flexibility index (Phi) is 10.8. The van der Waals surface area contributed by atoms with Gasteiger partial charge >= 0.3 is 55.4 Å². The number of rotatable bonds is 1.